The second-order valence-electron chi connectivity index (χ2n) is 24.1. The van der Waals surface area contributed by atoms with Crippen molar-refractivity contribution in [3.63, 3.8) is 0 Å². The highest BCUT2D eigenvalue weighted by molar-refractivity contribution is 5.71. The summed E-state index contributed by atoms with van der Waals surface area (Å²) < 4.78 is 17.0. The van der Waals surface area contributed by atoms with Gasteiger partial charge in [0.2, 0.25) is 0 Å². The van der Waals surface area contributed by atoms with Gasteiger partial charge in [0, 0.05) is 19.3 Å². The molecule has 0 aromatic heterocycles. The Kier molecular flexibility index (Phi) is 67.1. The number of carbonyl (C=O) groups excluding carboxylic acids is 3. The molecule has 0 fully saturated rings. The number of rotatable bonds is 66. The van der Waals surface area contributed by atoms with Gasteiger partial charge in [-0.05, 0) is 103 Å². The zero-order valence-corrected chi connectivity index (χ0v) is 54.3. The van der Waals surface area contributed by atoms with Crippen molar-refractivity contribution in [1.29, 1.82) is 0 Å². The van der Waals surface area contributed by atoms with E-state index in [-0.39, 0.29) is 31.1 Å². The van der Waals surface area contributed by atoms with Crippen LogP contribution in [0.4, 0.5) is 0 Å². The molecule has 0 spiro atoms. The maximum atomic E-state index is 12.9. The molecule has 0 aliphatic heterocycles. The van der Waals surface area contributed by atoms with Gasteiger partial charge < -0.3 is 14.2 Å². The largest absolute Gasteiger partial charge is 0.462 e. The summed E-state index contributed by atoms with van der Waals surface area (Å²) in [6.07, 6.45) is 89.7. The van der Waals surface area contributed by atoms with Gasteiger partial charge in [0.05, 0.1) is 0 Å². The molecular formula is C75H136O6. The Hall–Kier alpha value is -2.89. The first kappa shape index (κ1) is 78.1. The summed E-state index contributed by atoms with van der Waals surface area (Å²) in [4.78, 5) is 38.4. The van der Waals surface area contributed by atoms with Crippen LogP contribution < -0.4 is 0 Å². The Morgan fingerprint density at radius 1 is 0.247 bits per heavy atom. The van der Waals surface area contributed by atoms with E-state index in [1.54, 1.807) is 0 Å². The van der Waals surface area contributed by atoms with Crippen LogP contribution in [0, 0.1) is 0 Å². The zero-order valence-electron chi connectivity index (χ0n) is 54.3. The van der Waals surface area contributed by atoms with E-state index in [0.717, 1.165) is 89.9 Å². The first-order valence-electron chi connectivity index (χ1n) is 35.8. The van der Waals surface area contributed by atoms with Gasteiger partial charge in [-0.15, -0.1) is 0 Å². The van der Waals surface area contributed by atoms with Gasteiger partial charge in [-0.1, -0.05) is 319 Å². The number of unbranched alkanes of at least 4 members (excludes halogenated alkanes) is 45. The smallest absolute Gasteiger partial charge is 0.306 e. The van der Waals surface area contributed by atoms with Crippen LogP contribution in [-0.4, -0.2) is 37.2 Å². The SMILES string of the molecule is CCC/C=C\C/C=C\CCCCCCCC(=O)OCC(COC(=O)CCCCCCCCCCCCCCCCCCC/C=C\C/C=C\CCCCCCC)OC(=O)CCCCCCCCCCC/C=C\CCCCCCCCCC. The van der Waals surface area contributed by atoms with Gasteiger partial charge in [-0.2, -0.15) is 0 Å². The molecule has 0 aromatic carbocycles. The molecule has 0 aliphatic carbocycles. The molecule has 0 radical (unpaired) electrons. The van der Waals surface area contributed by atoms with Gasteiger partial charge in [0.25, 0.3) is 0 Å². The average Bonchev–Trinajstić information content (AvgIpc) is 3.46. The lowest BCUT2D eigenvalue weighted by Crippen LogP contribution is -2.30. The number of hydrogen-bond acceptors (Lipinski definition) is 6. The lowest BCUT2D eigenvalue weighted by atomic mass is 10.0. The van der Waals surface area contributed by atoms with Crippen LogP contribution in [0.5, 0.6) is 0 Å². The van der Waals surface area contributed by atoms with E-state index >= 15 is 0 Å². The molecule has 0 saturated heterocycles. The molecule has 0 rings (SSSR count). The Bertz CT molecular complexity index is 1440. The van der Waals surface area contributed by atoms with Crippen molar-refractivity contribution in [3.05, 3.63) is 60.8 Å². The summed E-state index contributed by atoms with van der Waals surface area (Å²) in [6, 6.07) is 0. The number of esters is 3. The maximum absolute atomic E-state index is 12.9. The molecular weight excluding hydrogens is 997 g/mol. The Morgan fingerprint density at radius 3 is 0.741 bits per heavy atom. The van der Waals surface area contributed by atoms with Gasteiger partial charge >= 0.3 is 17.9 Å². The summed E-state index contributed by atoms with van der Waals surface area (Å²) in [5.41, 5.74) is 0. The molecule has 0 heterocycles. The van der Waals surface area contributed by atoms with E-state index in [4.69, 9.17) is 14.2 Å². The quantitative estimate of drug-likeness (QED) is 0.0261. The second kappa shape index (κ2) is 69.6. The van der Waals surface area contributed by atoms with Crippen LogP contribution in [-0.2, 0) is 28.6 Å². The van der Waals surface area contributed by atoms with E-state index in [1.165, 1.54) is 250 Å². The zero-order chi connectivity index (χ0) is 58.5. The van der Waals surface area contributed by atoms with Crippen molar-refractivity contribution in [2.24, 2.45) is 0 Å². The van der Waals surface area contributed by atoms with Gasteiger partial charge in [0.1, 0.15) is 13.2 Å². The van der Waals surface area contributed by atoms with Crippen LogP contribution in [0.3, 0.4) is 0 Å². The van der Waals surface area contributed by atoms with E-state index in [1.807, 2.05) is 0 Å². The molecule has 6 heteroatoms. The monoisotopic (exact) mass is 1130 g/mol. The summed E-state index contributed by atoms with van der Waals surface area (Å²) in [6.45, 7) is 6.61. The molecule has 0 amide bonds. The summed E-state index contributed by atoms with van der Waals surface area (Å²) in [7, 11) is 0. The predicted octanol–water partition coefficient (Wildman–Crippen LogP) is 24.7. The molecule has 1 atom stereocenters. The molecule has 0 aromatic rings. The fourth-order valence-corrected chi connectivity index (χ4v) is 10.6. The Labute approximate surface area is 504 Å². The van der Waals surface area contributed by atoms with Crippen molar-refractivity contribution in [2.45, 2.75) is 386 Å². The van der Waals surface area contributed by atoms with E-state index < -0.39 is 6.10 Å². The molecule has 0 aliphatic rings. The van der Waals surface area contributed by atoms with Gasteiger partial charge in [-0.3, -0.25) is 14.4 Å². The summed E-state index contributed by atoms with van der Waals surface area (Å²) in [5, 5.41) is 0. The van der Waals surface area contributed by atoms with Crippen LogP contribution in [0.2, 0.25) is 0 Å². The highest BCUT2D eigenvalue weighted by Crippen LogP contribution is 2.18. The number of ether oxygens (including phenoxy) is 3. The summed E-state index contributed by atoms with van der Waals surface area (Å²) in [5.74, 6) is -0.871. The van der Waals surface area contributed by atoms with E-state index in [2.05, 4.69) is 81.5 Å². The lowest BCUT2D eigenvalue weighted by Gasteiger charge is -2.18. The third-order valence-corrected chi connectivity index (χ3v) is 15.9. The number of carbonyl (C=O) groups is 3. The minimum absolute atomic E-state index is 0.0762. The minimum Gasteiger partial charge on any atom is -0.462 e. The second-order valence-corrected chi connectivity index (χ2v) is 24.1. The Balaban J connectivity index is 4.21. The average molecular weight is 1130 g/mol. The standard InChI is InChI=1S/C75H136O6/c1-4-7-10-13-16-19-22-25-27-29-31-33-34-35-36-37-38-39-40-42-43-45-47-50-53-56-59-62-65-68-74(77)80-71-72(70-79-73(76)67-64-61-58-55-52-49-24-21-18-15-12-9-6-3)81-75(78)69-66-63-60-57-54-51-48-46-44-41-32-30-28-26-23-20-17-14-11-8-5-2/h12,15,21-22,24-25,29-32,72H,4-11,13-14,16-20,23,26-28,33-71H2,1-3H3/b15-12-,24-21-,25-22-,31-29-,32-30-. The molecule has 0 N–H and O–H groups in total. The fourth-order valence-electron chi connectivity index (χ4n) is 10.6. The third kappa shape index (κ3) is 67.8. The maximum Gasteiger partial charge on any atom is 0.306 e. The molecule has 81 heavy (non-hydrogen) atoms. The molecule has 472 valence electrons. The highest BCUT2D eigenvalue weighted by atomic mass is 16.6. The molecule has 0 saturated carbocycles. The first-order valence-corrected chi connectivity index (χ1v) is 35.8. The van der Waals surface area contributed by atoms with Crippen LogP contribution in [0.1, 0.15) is 380 Å². The van der Waals surface area contributed by atoms with Gasteiger partial charge in [0.15, 0.2) is 6.10 Å². The summed E-state index contributed by atoms with van der Waals surface area (Å²) >= 11 is 0. The van der Waals surface area contributed by atoms with Crippen LogP contribution in [0.25, 0.3) is 0 Å². The molecule has 1 unspecified atom stereocenters. The van der Waals surface area contributed by atoms with Crippen molar-refractivity contribution in [1.82, 2.24) is 0 Å². The third-order valence-electron chi connectivity index (χ3n) is 15.9. The number of hydrogen-bond donors (Lipinski definition) is 0. The van der Waals surface area contributed by atoms with E-state index in [0.29, 0.717) is 19.3 Å². The topological polar surface area (TPSA) is 78.9 Å². The normalized spacial score (nSPS) is 12.4. The van der Waals surface area contributed by atoms with Crippen molar-refractivity contribution < 1.29 is 28.6 Å². The number of allylic oxidation sites excluding steroid dienone is 10. The predicted molar refractivity (Wildman–Crippen MR) is 353 cm³/mol. The first-order chi connectivity index (χ1) is 40.0. The highest BCUT2D eigenvalue weighted by Gasteiger charge is 2.19. The van der Waals surface area contributed by atoms with Crippen molar-refractivity contribution in [3.8, 4) is 0 Å². The van der Waals surface area contributed by atoms with Crippen LogP contribution in [0.15, 0.2) is 60.8 Å². The van der Waals surface area contributed by atoms with Gasteiger partial charge in [-0.25, -0.2) is 0 Å². The lowest BCUT2D eigenvalue weighted by molar-refractivity contribution is -0.167. The molecule has 0 bridgehead atoms. The fraction of sp³-hybridized carbons (Fsp3) is 0.827. The Morgan fingerprint density at radius 2 is 0.469 bits per heavy atom. The van der Waals surface area contributed by atoms with Crippen LogP contribution >= 0.6 is 0 Å². The van der Waals surface area contributed by atoms with Crippen molar-refractivity contribution >= 4 is 17.9 Å². The minimum atomic E-state index is -0.781. The van der Waals surface area contributed by atoms with E-state index in [9.17, 15) is 14.4 Å². The molecule has 6 nitrogen and oxygen atoms in total. The van der Waals surface area contributed by atoms with Crippen molar-refractivity contribution in [2.75, 3.05) is 13.2 Å².